The number of nitrogens with zero attached hydrogens (tertiary/aromatic N) is 1. The fourth-order valence-electron chi connectivity index (χ4n) is 3.76. The molecule has 9 heteroatoms. The van der Waals surface area contributed by atoms with Crippen LogP contribution in [0.4, 0.5) is 0 Å². The maximum atomic E-state index is 12.8. The average molecular weight is 483 g/mol. The summed E-state index contributed by atoms with van der Waals surface area (Å²) in [6, 6.07) is 13.6. The van der Waals surface area contributed by atoms with Gasteiger partial charge in [0.15, 0.2) is 11.5 Å². The SMILES string of the molecule is COc1cc2c(cc1OC)CN(C(=O)C=Cc1ccc(S(=O)(=O)NCc3ccco3)cc1)CC2. The number of benzene rings is 2. The molecule has 1 N–H and O–H groups in total. The van der Waals surface area contributed by atoms with Crippen LogP contribution in [0.1, 0.15) is 22.5 Å². The van der Waals surface area contributed by atoms with Crippen LogP contribution in [0.25, 0.3) is 6.08 Å². The highest BCUT2D eigenvalue weighted by molar-refractivity contribution is 7.89. The first-order valence-electron chi connectivity index (χ1n) is 10.7. The first-order chi connectivity index (χ1) is 16.4. The first-order valence-corrected chi connectivity index (χ1v) is 12.2. The Kier molecular flexibility index (Phi) is 7.04. The third-order valence-electron chi connectivity index (χ3n) is 5.66. The lowest BCUT2D eigenvalue weighted by molar-refractivity contribution is -0.126. The molecule has 2 heterocycles. The molecular weight excluding hydrogens is 456 g/mol. The number of carbonyl (C=O) groups excluding carboxylic acids is 1. The van der Waals surface area contributed by atoms with Crippen molar-refractivity contribution in [2.45, 2.75) is 24.4 Å². The van der Waals surface area contributed by atoms with Crippen molar-refractivity contribution < 1.29 is 27.1 Å². The number of hydrogen-bond acceptors (Lipinski definition) is 6. The Labute approximate surface area is 198 Å². The minimum Gasteiger partial charge on any atom is -0.493 e. The van der Waals surface area contributed by atoms with Crippen molar-refractivity contribution in [3.05, 3.63) is 83.3 Å². The van der Waals surface area contributed by atoms with E-state index in [1.165, 1.54) is 24.5 Å². The van der Waals surface area contributed by atoms with Gasteiger partial charge in [0, 0.05) is 19.2 Å². The van der Waals surface area contributed by atoms with Gasteiger partial charge in [-0.05, 0) is 65.6 Å². The van der Waals surface area contributed by atoms with E-state index in [1.54, 1.807) is 49.5 Å². The molecular formula is C25H26N2O6S. The van der Waals surface area contributed by atoms with E-state index >= 15 is 0 Å². The van der Waals surface area contributed by atoms with Gasteiger partial charge in [-0.25, -0.2) is 13.1 Å². The maximum Gasteiger partial charge on any atom is 0.246 e. The Balaban J connectivity index is 1.38. The Morgan fingerprint density at radius 3 is 2.44 bits per heavy atom. The molecule has 34 heavy (non-hydrogen) atoms. The van der Waals surface area contributed by atoms with Crippen LogP contribution in [0, 0.1) is 0 Å². The highest BCUT2D eigenvalue weighted by Gasteiger charge is 2.21. The molecule has 0 radical (unpaired) electrons. The van der Waals surface area contributed by atoms with E-state index in [9.17, 15) is 13.2 Å². The normalized spacial score (nSPS) is 13.6. The van der Waals surface area contributed by atoms with E-state index in [4.69, 9.17) is 13.9 Å². The fourth-order valence-corrected chi connectivity index (χ4v) is 4.76. The molecule has 0 spiro atoms. The van der Waals surface area contributed by atoms with Gasteiger partial charge in [0.25, 0.3) is 0 Å². The molecule has 0 atom stereocenters. The maximum absolute atomic E-state index is 12.8. The summed E-state index contributed by atoms with van der Waals surface area (Å²) in [6.45, 7) is 1.16. The Morgan fingerprint density at radius 1 is 1.09 bits per heavy atom. The van der Waals surface area contributed by atoms with E-state index in [2.05, 4.69) is 4.72 Å². The van der Waals surface area contributed by atoms with Gasteiger partial charge >= 0.3 is 0 Å². The van der Waals surface area contributed by atoms with Crippen molar-refractivity contribution in [3.63, 3.8) is 0 Å². The number of nitrogens with one attached hydrogen (secondary N) is 1. The molecule has 8 nitrogen and oxygen atoms in total. The minimum atomic E-state index is -3.67. The average Bonchev–Trinajstić information content (AvgIpc) is 3.39. The van der Waals surface area contributed by atoms with E-state index in [1.807, 2.05) is 12.1 Å². The van der Waals surface area contributed by atoms with E-state index in [-0.39, 0.29) is 17.3 Å². The van der Waals surface area contributed by atoms with Crippen LogP contribution in [-0.4, -0.2) is 40.0 Å². The van der Waals surface area contributed by atoms with Crippen LogP contribution in [0.5, 0.6) is 11.5 Å². The van der Waals surface area contributed by atoms with Crippen LogP contribution in [0.2, 0.25) is 0 Å². The molecule has 0 aliphatic carbocycles. The summed E-state index contributed by atoms with van der Waals surface area (Å²) in [5.74, 6) is 1.74. The number of furan rings is 1. The first kappa shape index (κ1) is 23.6. The highest BCUT2D eigenvalue weighted by atomic mass is 32.2. The smallest absolute Gasteiger partial charge is 0.246 e. The Bertz CT molecular complexity index is 1280. The summed E-state index contributed by atoms with van der Waals surface area (Å²) in [7, 11) is -0.477. The summed E-state index contributed by atoms with van der Waals surface area (Å²) >= 11 is 0. The number of ether oxygens (including phenoxy) is 2. The topological polar surface area (TPSA) is 98.1 Å². The molecule has 3 aromatic rings. The van der Waals surface area contributed by atoms with Crippen molar-refractivity contribution in [1.82, 2.24) is 9.62 Å². The van der Waals surface area contributed by atoms with Crippen molar-refractivity contribution in [2.24, 2.45) is 0 Å². The van der Waals surface area contributed by atoms with Crippen molar-refractivity contribution in [1.29, 1.82) is 0 Å². The summed E-state index contributed by atoms with van der Waals surface area (Å²) in [5, 5.41) is 0. The van der Waals surface area contributed by atoms with Crippen molar-refractivity contribution in [2.75, 3.05) is 20.8 Å². The molecule has 4 rings (SSSR count). The zero-order chi connectivity index (χ0) is 24.1. The summed E-state index contributed by atoms with van der Waals surface area (Å²) in [5.41, 5.74) is 2.90. The fraction of sp³-hybridized carbons (Fsp3) is 0.240. The molecule has 2 aromatic carbocycles. The summed E-state index contributed by atoms with van der Waals surface area (Å²) in [4.78, 5) is 14.7. The van der Waals surface area contributed by atoms with Crippen LogP contribution in [-0.2, 0) is 34.3 Å². The van der Waals surface area contributed by atoms with Gasteiger partial charge in [-0.3, -0.25) is 4.79 Å². The quantitative estimate of drug-likeness (QED) is 0.495. The standard InChI is InChI=1S/C25H26N2O6S/c1-31-23-14-19-11-12-27(17-20(19)15-24(23)32-2)25(28)10-7-18-5-8-22(9-6-18)34(29,30)26-16-21-4-3-13-33-21/h3-10,13-15,26H,11-12,16-17H2,1-2H3. The van der Waals surface area contributed by atoms with Crippen molar-refractivity contribution >= 4 is 22.0 Å². The molecule has 0 saturated carbocycles. The second-order valence-electron chi connectivity index (χ2n) is 7.79. The van der Waals surface area contributed by atoms with Crippen LogP contribution >= 0.6 is 0 Å². The second-order valence-corrected chi connectivity index (χ2v) is 9.56. The predicted octanol–water partition coefficient (Wildman–Crippen LogP) is 3.37. The van der Waals surface area contributed by atoms with Crippen LogP contribution < -0.4 is 14.2 Å². The van der Waals surface area contributed by atoms with E-state index < -0.39 is 10.0 Å². The molecule has 1 aliphatic heterocycles. The minimum absolute atomic E-state index is 0.0725. The predicted molar refractivity (Wildman–Crippen MR) is 127 cm³/mol. The molecule has 1 amide bonds. The number of amides is 1. The lowest BCUT2D eigenvalue weighted by Gasteiger charge is -2.28. The molecule has 0 saturated heterocycles. The molecule has 178 valence electrons. The van der Waals surface area contributed by atoms with Gasteiger partial charge in [0.2, 0.25) is 15.9 Å². The number of methoxy groups -OCH3 is 2. The highest BCUT2D eigenvalue weighted by Crippen LogP contribution is 2.33. The third-order valence-corrected chi connectivity index (χ3v) is 7.07. The Hall–Kier alpha value is -3.56. The Morgan fingerprint density at radius 2 is 1.79 bits per heavy atom. The molecule has 0 bridgehead atoms. The summed E-state index contributed by atoms with van der Waals surface area (Å²) < 4.78 is 43.3. The monoisotopic (exact) mass is 482 g/mol. The van der Waals surface area contributed by atoms with Gasteiger partial charge in [-0.2, -0.15) is 0 Å². The van der Waals surface area contributed by atoms with Gasteiger partial charge < -0.3 is 18.8 Å². The molecule has 0 unspecified atom stereocenters. The van der Waals surface area contributed by atoms with Crippen LogP contribution in [0.15, 0.2) is 70.2 Å². The number of rotatable bonds is 8. The van der Waals surface area contributed by atoms with Gasteiger partial charge in [-0.15, -0.1) is 0 Å². The molecule has 0 fully saturated rings. The van der Waals surface area contributed by atoms with Gasteiger partial charge in [0.1, 0.15) is 5.76 Å². The van der Waals surface area contributed by atoms with E-state index in [0.29, 0.717) is 30.3 Å². The molecule has 1 aromatic heterocycles. The van der Waals surface area contributed by atoms with E-state index in [0.717, 1.165) is 23.1 Å². The lowest BCUT2D eigenvalue weighted by Crippen LogP contribution is -2.34. The number of carbonyl (C=O) groups is 1. The van der Waals surface area contributed by atoms with Crippen LogP contribution in [0.3, 0.4) is 0 Å². The zero-order valence-corrected chi connectivity index (χ0v) is 19.8. The van der Waals surface area contributed by atoms with Gasteiger partial charge in [-0.1, -0.05) is 12.1 Å². The second kappa shape index (κ2) is 10.1. The largest absolute Gasteiger partial charge is 0.493 e. The van der Waals surface area contributed by atoms with Gasteiger partial charge in [0.05, 0.1) is 31.9 Å². The zero-order valence-electron chi connectivity index (χ0n) is 19.0. The lowest BCUT2D eigenvalue weighted by atomic mass is 9.98. The third kappa shape index (κ3) is 5.32. The van der Waals surface area contributed by atoms with Crippen molar-refractivity contribution in [3.8, 4) is 11.5 Å². The number of fused-ring (bicyclic) bond motifs is 1. The number of sulfonamides is 1. The number of hydrogen-bond donors (Lipinski definition) is 1. The summed E-state index contributed by atoms with van der Waals surface area (Å²) in [6.07, 6.45) is 5.40. The molecule has 1 aliphatic rings.